The van der Waals surface area contributed by atoms with Crippen LogP contribution in [0.15, 0.2) is 67.0 Å². The van der Waals surface area contributed by atoms with Crippen LogP contribution in [0.3, 0.4) is 0 Å². The lowest BCUT2D eigenvalue weighted by atomic mass is 10.0. The minimum Gasteiger partial charge on any atom is -0.457 e. The maximum atomic E-state index is 13.2. The lowest BCUT2D eigenvalue weighted by Crippen LogP contribution is -2.44. The second kappa shape index (κ2) is 9.06. The molecule has 4 rings (SSSR count). The van der Waals surface area contributed by atoms with Gasteiger partial charge in [0.1, 0.15) is 17.3 Å². The number of ether oxygens (including phenoxy) is 1. The van der Waals surface area contributed by atoms with E-state index in [4.69, 9.17) is 4.74 Å². The second-order valence-corrected chi connectivity index (χ2v) is 7.97. The zero-order valence-electron chi connectivity index (χ0n) is 17.8. The van der Waals surface area contributed by atoms with E-state index in [9.17, 15) is 14.4 Å². The molecule has 7 heteroatoms. The van der Waals surface area contributed by atoms with Crippen molar-refractivity contribution >= 4 is 5.91 Å². The Morgan fingerprint density at radius 2 is 1.88 bits per heavy atom. The Morgan fingerprint density at radius 3 is 2.53 bits per heavy atom. The molecular formula is C25H23FN4O2. The minimum atomic E-state index is -0.331. The largest absolute Gasteiger partial charge is 0.457 e. The number of hydrogen-bond acceptors (Lipinski definition) is 5. The number of amides is 1. The summed E-state index contributed by atoms with van der Waals surface area (Å²) in [5.74, 6) is 0.779. The molecule has 1 N–H and O–H groups in total. The number of aromatic nitrogens is 1. The lowest BCUT2D eigenvalue weighted by molar-refractivity contribution is 0.0924. The molecule has 1 fully saturated rings. The van der Waals surface area contributed by atoms with E-state index in [1.54, 1.807) is 47.6 Å². The first-order chi connectivity index (χ1) is 15.5. The molecule has 0 aliphatic carbocycles. The van der Waals surface area contributed by atoms with Gasteiger partial charge in [0.15, 0.2) is 6.19 Å². The van der Waals surface area contributed by atoms with E-state index in [1.165, 1.54) is 12.1 Å². The SMILES string of the molecule is CC1CN(C#N)C(C)[C@@H]1NC(=O)c1ccc(-c2cnccc2Oc2ccc(F)cc2)cc1. The van der Waals surface area contributed by atoms with E-state index in [1.807, 2.05) is 26.0 Å². The topological polar surface area (TPSA) is 78.3 Å². The summed E-state index contributed by atoms with van der Waals surface area (Å²) in [7, 11) is 0. The van der Waals surface area contributed by atoms with Crippen LogP contribution in [0.5, 0.6) is 11.5 Å². The maximum Gasteiger partial charge on any atom is 0.251 e. The quantitative estimate of drug-likeness (QED) is 0.599. The summed E-state index contributed by atoms with van der Waals surface area (Å²) in [6.07, 6.45) is 5.49. The van der Waals surface area contributed by atoms with Gasteiger partial charge >= 0.3 is 0 Å². The van der Waals surface area contributed by atoms with Gasteiger partial charge in [-0.25, -0.2) is 4.39 Å². The molecule has 1 saturated heterocycles. The number of benzene rings is 2. The number of hydrogen-bond donors (Lipinski definition) is 1. The Balaban J connectivity index is 1.50. The van der Waals surface area contributed by atoms with E-state index >= 15 is 0 Å². The van der Waals surface area contributed by atoms with Crippen LogP contribution < -0.4 is 10.1 Å². The van der Waals surface area contributed by atoms with E-state index in [2.05, 4.69) is 16.5 Å². The fraction of sp³-hybridized carbons (Fsp3) is 0.240. The second-order valence-electron chi connectivity index (χ2n) is 7.97. The average molecular weight is 430 g/mol. The van der Waals surface area contributed by atoms with E-state index in [0.29, 0.717) is 23.6 Å². The van der Waals surface area contributed by atoms with Crippen molar-refractivity contribution in [1.82, 2.24) is 15.2 Å². The molecule has 1 aliphatic rings. The fourth-order valence-corrected chi connectivity index (χ4v) is 4.01. The van der Waals surface area contributed by atoms with Gasteiger partial charge in [0.05, 0.1) is 12.1 Å². The molecule has 2 aromatic carbocycles. The Hall–Kier alpha value is -3.92. The molecule has 32 heavy (non-hydrogen) atoms. The normalized spacial score (nSPS) is 19.9. The van der Waals surface area contributed by atoms with Gasteiger partial charge in [-0.3, -0.25) is 9.78 Å². The van der Waals surface area contributed by atoms with Crippen LogP contribution in [-0.2, 0) is 0 Å². The zero-order valence-corrected chi connectivity index (χ0v) is 17.8. The summed E-state index contributed by atoms with van der Waals surface area (Å²) < 4.78 is 19.1. The molecule has 0 saturated carbocycles. The summed E-state index contributed by atoms with van der Waals surface area (Å²) in [5.41, 5.74) is 2.13. The third-order valence-electron chi connectivity index (χ3n) is 5.82. The van der Waals surface area contributed by atoms with Crippen LogP contribution in [0, 0.1) is 23.2 Å². The van der Waals surface area contributed by atoms with Crippen LogP contribution in [-0.4, -0.2) is 34.4 Å². The zero-order chi connectivity index (χ0) is 22.7. The van der Waals surface area contributed by atoms with Crippen molar-refractivity contribution < 1.29 is 13.9 Å². The van der Waals surface area contributed by atoms with Gasteiger partial charge in [-0.05, 0) is 60.9 Å². The van der Waals surface area contributed by atoms with E-state index in [-0.39, 0.29) is 29.7 Å². The van der Waals surface area contributed by atoms with Crippen LogP contribution in [0.2, 0.25) is 0 Å². The number of halogens is 1. The van der Waals surface area contributed by atoms with Crippen molar-refractivity contribution in [1.29, 1.82) is 5.26 Å². The number of likely N-dealkylation sites (tertiary alicyclic amines) is 1. The molecule has 0 bridgehead atoms. The van der Waals surface area contributed by atoms with Crippen LogP contribution in [0.25, 0.3) is 11.1 Å². The van der Waals surface area contributed by atoms with Gasteiger partial charge < -0.3 is 15.0 Å². The monoisotopic (exact) mass is 430 g/mol. The number of nitrogens with zero attached hydrogens (tertiary/aromatic N) is 3. The number of carbonyl (C=O) groups is 1. The van der Waals surface area contributed by atoms with Gasteiger partial charge in [0, 0.05) is 30.1 Å². The van der Waals surface area contributed by atoms with Crippen LogP contribution >= 0.6 is 0 Å². The first kappa shape index (κ1) is 21.3. The van der Waals surface area contributed by atoms with Crippen LogP contribution in [0.1, 0.15) is 24.2 Å². The summed E-state index contributed by atoms with van der Waals surface area (Å²) in [5, 5.41) is 12.3. The minimum absolute atomic E-state index is 0.0419. The van der Waals surface area contributed by atoms with Crippen molar-refractivity contribution in [2.24, 2.45) is 5.92 Å². The van der Waals surface area contributed by atoms with Crippen LogP contribution in [0.4, 0.5) is 4.39 Å². The van der Waals surface area contributed by atoms with Gasteiger partial charge in [-0.1, -0.05) is 19.1 Å². The highest BCUT2D eigenvalue weighted by Gasteiger charge is 2.37. The predicted octanol–water partition coefficient (Wildman–Crippen LogP) is 4.60. The molecule has 0 radical (unpaired) electrons. The number of nitrogens with one attached hydrogen (secondary N) is 1. The summed E-state index contributed by atoms with van der Waals surface area (Å²) >= 11 is 0. The maximum absolute atomic E-state index is 13.2. The summed E-state index contributed by atoms with van der Waals surface area (Å²) in [6, 6.07) is 14.6. The Labute approximate surface area is 186 Å². The number of rotatable bonds is 5. The molecule has 0 spiro atoms. The summed E-state index contributed by atoms with van der Waals surface area (Å²) in [4.78, 5) is 18.7. The number of pyridine rings is 1. The Morgan fingerprint density at radius 1 is 1.16 bits per heavy atom. The first-order valence-electron chi connectivity index (χ1n) is 10.4. The van der Waals surface area contributed by atoms with Crippen molar-refractivity contribution in [2.45, 2.75) is 25.9 Å². The van der Waals surface area contributed by atoms with Gasteiger partial charge in [-0.2, -0.15) is 5.26 Å². The molecule has 162 valence electrons. The third kappa shape index (κ3) is 4.40. The van der Waals surface area contributed by atoms with Gasteiger partial charge in [0.25, 0.3) is 5.91 Å². The highest BCUT2D eigenvalue weighted by Crippen LogP contribution is 2.33. The molecule has 2 unspecified atom stereocenters. The van der Waals surface area contributed by atoms with Crippen molar-refractivity contribution in [3.05, 3.63) is 78.4 Å². The molecule has 1 amide bonds. The van der Waals surface area contributed by atoms with E-state index < -0.39 is 0 Å². The van der Waals surface area contributed by atoms with Crippen molar-refractivity contribution in [3.8, 4) is 28.8 Å². The van der Waals surface area contributed by atoms with Crippen molar-refractivity contribution in [2.75, 3.05) is 6.54 Å². The molecule has 3 atom stereocenters. The number of carbonyl (C=O) groups excluding carboxylic acids is 1. The standard InChI is InChI=1S/C25H23FN4O2/c1-16-14-30(15-27)17(2)24(16)29-25(31)19-5-3-18(4-6-19)22-13-28-12-11-23(22)32-21-9-7-20(26)8-10-21/h3-13,16-17,24H,14H2,1-2H3,(H,29,31)/t16?,17?,24-/m1/s1. The highest BCUT2D eigenvalue weighted by molar-refractivity contribution is 5.95. The average Bonchev–Trinajstić information content (AvgIpc) is 3.08. The Kier molecular flexibility index (Phi) is 6.04. The number of nitriles is 1. The van der Waals surface area contributed by atoms with Gasteiger partial charge in [-0.15, -0.1) is 0 Å². The Bertz CT molecular complexity index is 1140. The predicted molar refractivity (Wildman–Crippen MR) is 118 cm³/mol. The molecule has 1 aromatic heterocycles. The summed E-state index contributed by atoms with van der Waals surface area (Å²) in [6.45, 7) is 4.62. The molecule has 2 heterocycles. The fourth-order valence-electron chi connectivity index (χ4n) is 4.01. The first-order valence-corrected chi connectivity index (χ1v) is 10.4. The highest BCUT2D eigenvalue weighted by atomic mass is 19.1. The van der Waals surface area contributed by atoms with Gasteiger partial charge in [0.2, 0.25) is 0 Å². The third-order valence-corrected chi connectivity index (χ3v) is 5.82. The smallest absolute Gasteiger partial charge is 0.251 e. The lowest BCUT2D eigenvalue weighted by Gasteiger charge is -2.22. The molecular weight excluding hydrogens is 407 g/mol. The van der Waals surface area contributed by atoms with Crippen molar-refractivity contribution in [3.63, 3.8) is 0 Å². The molecule has 3 aromatic rings. The molecule has 1 aliphatic heterocycles. The van der Waals surface area contributed by atoms with E-state index in [0.717, 1.165) is 11.1 Å². The molecule has 6 nitrogen and oxygen atoms in total.